The number of ether oxygens (including phenoxy) is 2. The van der Waals surface area contributed by atoms with Crippen LogP contribution in [0.5, 0.6) is 5.75 Å². The van der Waals surface area contributed by atoms with Crippen molar-refractivity contribution in [2.75, 3.05) is 6.61 Å². The first-order valence-corrected chi connectivity index (χ1v) is 12.6. The van der Waals surface area contributed by atoms with Crippen molar-refractivity contribution in [3.8, 4) is 5.75 Å². The molecule has 4 aromatic rings. The Morgan fingerprint density at radius 1 is 1.13 bits per heavy atom. The maximum absolute atomic E-state index is 14.3. The molecule has 196 valence electrons. The molecular formula is C29H21FN2O6S. The van der Waals surface area contributed by atoms with Crippen LogP contribution in [0.4, 0.5) is 4.39 Å². The first-order chi connectivity index (χ1) is 18.9. The van der Waals surface area contributed by atoms with Crippen molar-refractivity contribution in [3.63, 3.8) is 0 Å². The third-order valence-electron chi connectivity index (χ3n) is 5.89. The van der Waals surface area contributed by atoms with E-state index in [0.717, 1.165) is 11.3 Å². The average molecular weight is 545 g/mol. The normalized spacial score (nSPS) is 14.9. The predicted molar refractivity (Wildman–Crippen MR) is 141 cm³/mol. The van der Waals surface area contributed by atoms with E-state index < -0.39 is 29.4 Å². The van der Waals surface area contributed by atoms with Crippen LogP contribution in [-0.2, 0) is 9.53 Å². The van der Waals surface area contributed by atoms with Crippen LogP contribution < -0.4 is 19.6 Å². The van der Waals surface area contributed by atoms with Crippen LogP contribution in [-0.4, -0.2) is 23.1 Å². The van der Waals surface area contributed by atoms with Crippen LogP contribution in [0.3, 0.4) is 0 Å². The number of hydrogen-bond acceptors (Lipinski definition) is 8. The summed E-state index contributed by atoms with van der Waals surface area (Å²) in [7, 11) is 0. The summed E-state index contributed by atoms with van der Waals surface area (Å²) in [6.07, 6.45) is 4.26. The summed E-state index contributed by atoms with van der Waals surface area (Å²) in [4.78, 5) is 43.9. The number of furan rings is 1. The van der Waals surface area contributed by atoms with Crippen molar-refractivity contribution >= 4 is 29.4 Å². The van der Waals surface area contributed by atoms with Crippen LogP contribution in [0.25, 0.3) is 6.08 Å². The number of rotatable bonds is 7. The smallest absolute Gasteiger partial charge is 0.379 e. The summed E-state index contributed by atoms with van der Waals surface area (Å²) in [5.74, 6) is -1.50. The van der Waals surface area contributed by atoms with E-state index in [1.165, 1.54) is 35.1 Å². The Morgan fingerprint density at radius 3 is 2.59 bits per heavy atom. The first-order valence-electron chi connectivity index (χ1n) is 11.8. The van der Waals surface area contributed by atoms with Crippen molar-refractivity contribution in [3.05, 3.63) is 133 Å². The number of esters is 2. The molecular weight excluding hydrogens is 523 g/mol. The quantitative estimate of drug-likeness (QED) is 0.199. The monoisotopic (exact) mass is 544 g/mol. The van der Waals surface area contributed by atoms with Crippen molar-refractivity contribution in [1.82, 2.24) is 4.57 Å². The Labute approximate surface area is 225 Å². The second-order valence-corrected chi connectivity index (χ2v) is 9.44. The van der Waals surface area contributed by atoms with Gasteiger partial charge in [-0.15, -0.1) is 0 Å². The summed E-state index contributed by atoms with van der Waals surface area (Å²) in [6.45, 7) is 5.20. The fraction of sp³-hybridized carbons (Fsp3) is 0.103. The number of benzene rings is 2. The Kier molecular flexibility index (Phi) is 7.20. The van der Waals surface area contributed by atoms with Crippen molar-refractivity contribution < 1.29 is 27.9 Å². The zero-order valence-electron chi connectivity index (χ0n) is 20.6. The average Bonchev–Trinajstić information content (AvgIpc) is 3.57. The molecule has 1 aliphatic rings. The van der Waals surface area contributed by atoms with E-state index in [0.29, 0.717) is 16.1 Å². The highest BCUT2D eigenvalue weighted by Gasteiger charge is 2.33. The van der Waals surface area contributed by atoms with Gasteiger partial charge in [0.25, 0.3) is 5.56 Å². The van der Waals surface area contributed by atoms with Crippen LogP contribution >= 0.6 is 11.3 Å². The standard InChI is InChI=1S/C29H21FN2O6S/c1-3-14-37-28(35)24-17(2)31-29-32(26(33)23(39-29)16-19-7-4-5-8-21(19)30)25(24)18-10-12-20(13-11-18)38-27(34)22-9-6-15-36-22/h3-13,15-16,25H,1,14H2,2H3. The third-order valence-corrected chi connectivity index (χ3v) is 6.88. The zero-order valence-corrected chi connectivity index (χ0v) is 21.4. The van der Waals surface area contributed by atoms with E-state index in [1.54, 1.807) is 55.5 Å². The molecule has 39 heavy (non-hydrogen) atoms. The summed E-state index contributed by atoms with van der Waals surface area (Å²) in [5.41, 5.74) is 0.902. The van der Waals surface area contributed by atoms with Gasteiger partial charge in [-0.25, -0.2) is 19.0 Å². The summed E-state index contributed by atoms with van der Waals surface area (Å²) >= 11 is 1.09. The Balaban J connectivity index is 1.60. The zero-order chi connectivity index (χ0) is 27.5. The molecule has 0 amide bonds. The predicted octanol–water partition coefficient (Wildman–Crippen LogP) is 3.92. The fourth-order valence-corrected chi connectivity index (χ4v) is 5.15. The number of carbonyl (C=O) groups excluding carboxylic acids is 2. The number of nitrogens with zero attached hydrogens (tertiary/aromatic N) is 2. The molecule has 3 heterocycles. The molecule has 1 unspecified atom stereocenters. The maximum atomic E-state index is 14.3. The Hall–Kier alpha value is -4.83. The van der Waals surface area contributed by atoms with E-state index in [4.69, 9.17) is 13.9 Å². The van der Waals surface area contributed by atoms with Crippen LogP contribution in [0.15, 0.2) is 105 Å². The number of carbonyl (C=O) groups is 2. The van der Waals surface area contributed by atoms with Crippen LogP contribution in [0, 0.1) is 5.82 Å². The van der Waals surface area contributed by atoms with Gasteiger partial charge in [0.1, 0.15) is 18.2 Å². The van der Waals surface area contributed by atoms with Gasteiger partial charge in [-0.1, -0.05) is 54.3 Å². The summed E-state index contributed by atoms with van der Waals surface area (Å²) in [6, 6.07) is 14.7. The van der Waals surface area contributed by atoms with E-state index in [2.05, 4.69) is 11.6 Å². The van der Waals surface area contributed by atoms with Gasteiger partial charge < -0.3 is 13.9 Å². The van der Waals surface area contributed by atoms with Gasteiger partial charge in [-0.05, 0) is 48.9 Å². The summed E-state index contributed by atoms with van der Waals surface area (Å²) in [5, 5.41) is 0. The first kappa shape index (κ1) is 25.8. The van der Waals surface area contributed by atoms with E-state index in [-0.39, 0.29) is 33.8 Å². The fourth-order valence-electron chi connectivity index (χ4n) is 4.11. The second kappa shape index (κ2) is 10.9. The number of allylic oxidation sites excluding steroid dienone is 1. The molecule has 0 saturated carbocycles. The number of aromatic nitrogens is 1. The van der Waals surface area contributed by atoms with Crippen molar-refractivity contribution in [1.29, 1.82) is 0 Å². The van der Waals surface area contributed by atoms with Crippen LogP contribution in [0.1, 0.15) is 34.6 Å². The van der Waals surface area contributed by atoms with Gasteiger partial charge in [0.2, 0.25) is 5.76 Å². The van der Waals surface area contributed by atoms with Gasteiger partial charge >= 0.3 is 11.9 Å². The molecule has 0 spiro atoms. The molecule has 10 heteroatoms. The van der Waals surface area contributed by atoms with E-state index in [9.17, 15) is 18.8 Å². The Morgan fingerprint density at radius 2 is 1.90 bits per heavy atom. The Bertz CT molecular complexity index is 1780. The molecule has 5 rings (SSSR count). The largest absolute Gasteiger partial charge is 0.458 e. The highest BCUT2D eigenvalue weighted by atomic mass is 32.1. The highest BCUT2D eigenvalue weighted by Crippen LogP contribution is 2.31. The molecule has 2 aromatic heterocycles. The maximum Gasteiger partial charge on any atom is 0.379 e. The molecule has 1 atom stereocenters. The van der Waals surface area contributed by atoms with Gasteiger partial charge in [0.15, 0.2) is 4.80 Å². The van der Waals surface area contributed by atoms with Crippen molar-refractivity contribution in [2.45, 2.75) is 13.0 Å². The van der Waals surface area contributed by atoms with Gasteiger partial charge in [-0.2, -0.15) is 0 Å². The lowest BCUT2D eigenvalue weighted by Gasteiger charge is -2.24. The molecule has 1 aliphatic heterocycles. The lowest BCUT2D eigenvalue weighted by atomic mass is 9.96. The SMILES string of the molecule is C=CCOC(=O)C1=C(C)N=c2sc(=Cc3ccccc3F)c(=O)n2C1c1ccc(OC(=O)c2ccco2)cc1. The molecule has 0 aliphatic carbocycles. The molecule has 8 nitrogen and oxygen atoms in total. The van der Waals surface area contributed by atoms with Gasteiger partial charge in [0.05, 0.1) is 28.1 Å². The number of hydrogen-bond donors (Lipinski definition) is 0. The molecule has 0 bridgehead atoms. The number of thiazole rings is 1. The van der Waals surface area contributed by atoms with Gasteiger partial charge in [0, 0.05) is 5.56 Å². The molecule has 0 saturated heterocycles. The minimum Gasteiger partial charge on any atom is -0.458 e. The van der Waals surface area contributed by atoms with E-state index in [1.807, 2.05) is 0 Å². The third kappa shape index (κ3) is 5.14. The lowest BCUT2D eigenvalue weighted by Crippen LogP contribution is -2.40. The minimum atomic E-state index is -0.892. The minimum absolute atomic E-state index is 0.0261. The van der Waals surface area contributed by atoms with Crippen molar-refractivity contribution in [2.24, 2.45) is 4.99 Å². The van der Waals surface area contributed by atoms with E-state index >= 15 is 0 Å². The molecule has 0 N–H and O–H groups in total. The molecule has 0 radical (unpaired) electrons. The molecule has 2 aromatic carbocycles. The van der Waals surface area contributed by atoms with Crippen LogP contribution in [0.2, 0.25) is 0 Å². The van der Waals surface area contributed by atoms with Gasteiger partial charge in [-0.3, -0.25) is 9.36 Å². The highest BCUT2D eigenvalue weighted by molar-refractivity contribution is 7.07. The second-order valence-electron chi connectivity index (χ2n) is 8.43. The lowest BCUT2D eigenvalue weighted by molar-refractivity contribution is -0.138. The summed E-state index contributed by atoms with van der Waals surface area (Å²) < 4.78 is 31.7. The number of halogens is 1. The topological polar surface area (TPSA) is 100 Å². The molecule has 0 fully saturated rings. The number of fused-ring (bicyclic) bond motifs is 1.